The smallest absolute Gasteiger partial charge is 0.460 e. The molecule has 0 atom stereocenters. The van der Waals surface area contributed by atoms with Gasteiger partial charge in [-0.1, -0.05) is 36.7 Å². The summed E-state index contributed by atoms with van der Waals surface area (Å²) < 4.78 is 51.7. The van der Waals surface area contributed by atoms with E-state index in [2.05, 4.69) is 9.72 Å². The highest BCUT2D eigenvalue weighted by Crippen LogP contribution is 2.23. The zero-order valence-corrected chi connectivity index (χ0v) is 22.2. The van der Waals surface area contributed by atoms with Crippen molar-refractivity contribution in [2.75, 3.05) is 26.7 Å². The number of imidazole rings is 1. The van der Waals surface area contributed by atoms with Crippen molar-refractivity contribution in [2.24, 2.45) is 7.05 Å². The molecule has 0 N–H and O–H groups in total. The SMILES string of the molecule is C/C=C\C(=C/COc1nc2c(c(=O)n(CCN(C)CC)c(=O)n2C)n1Cc1ccc(Cl)cc1)OC(F)(F)F. The average molecular weight is 556 g/mol. The fraction of sp³-hybridized carbons (Fsp3) is 0.400. The number of likely N-dealkylation sites (N-methyl/N-ethyl adjacent to an activating group) is 1. The lowest BCUT2D eigenvalue weighted by Crippen LogP contribution is -2.42. The monoisotopic (exact) mass is 555 g/mol. The molecule has 0 radical (unpaired) electrons. The molecule has 0 saturated carbocycles. The van der Waals surface area contributed by atoms with E-state index in [0.29, 0.717) is 11.6 Å². The van der Waals surface area contributed by atoms with Crippen molar-refractivity contribution >= 4 is 22.8 Å². The van der Waals surface area contributed by atoms with Gasteiger partial charge in [0.05, 0.1) is 6.54 Å². The number of rotatable bonds is 11. The number of ether oxygens (including phenoxy) is 2. The largest absolute Gasteiger partial charge is 0.573 e. The van der Waals surface area contributed by atoms with Crippen molar-refractivity contribution in [3.05, 3.63) is 79.7 Å². The predicted octanol–water partition coefficient (Wildman–Crippen LogP) is 3.93. The van der Waals surface area contributed by atoms with Crippen LogP contribution in [0.5, 0.6) is 6.01 Å². The number of allylic oxidation sites excluding steroid dienone is 2. The van der Waals surface area contributed by atoms with Gasteiger partial charge in [-0.25, -0.2) is 4.79 Å². The van der Waals surface area contributed by atoms with E-state index in [1.54, 1.807) is 31.2 Å². The molecule has 206 valence electrons. The van der Waals surface area contributed by atoms with Gasteiger partial charge in [0.2, 0.25) is 0 Å². The van der Waals surface area contributed by atoms with Gasteiger partial charge >= 0.3 is 12.1 Å². The van der Waals surface area contributed by atoms with Crippen molar-refractivity contribution in [1.82, 2.24) is 23.6 Å². The molecule has 3 rings (SSSR count). The van der Waals surface area contributed by atoms with Crippen LogP contribution in [0.4, 0.5) is 13.2 Å². The Balaban J connectivity index is 2.10. The quantitative estimate of drug-likeness (QED) is 0.263. The molecular formula is C25H29ClF3N5O4. The summed E-state index contributed by atoms with van der Waals surface area (Å²) in [6.45, 7) is 4.68. The van der Waals surface area contributed by atoms with Gasteiger partial charge in [0.1, 0.15) is 12.4 Å². The van der Waals surface area contributed by atoms with Crippen molar-refractivity contribution < 1.29 is 22.6 Å². The van der Waals surface area contributed by atoms with E-state index in [-0.39, 0.29) is 36.9 Å². The summed E-state index contributed by atoms with van der Waals surface area (Å²) >= 11 is 6.00. The number of nitrogens with zero attached hydrogens (tertiary/aromatic N) is 5. The summed E-state index contributed by atoms with van der Waals surface area (Å²) in [7, 11) is 3.37. The van der Waals surface area contributed by atoms with Crippen LogP contribution in [0.25, 0.3) is 11.2 Å². The number of aromatic nitrogens is 4. The van der Waals surface area contributed by atoms with Crippen LogP contribution in [0, 0.1) is 0 Å². The van der Waals surface area contributed by atoms with Crippen LogP contribution in [0.3, 0.4) is 0 Å². The van der Waals surface area contributed by atoms with E-state index >= 15 is 0 Å². The molecule has 0 bridgehead atoms. The molecule has 1 aromatic carbocycles. The summed E-state index contributed by atoms with van der Waals surface area (Å²) in [5.41, 5.74) is -0.110. The van der Waals surface area contributed by atoms with E-state index in [0.717, 1.165) is 28.8 Å². The molecule has 38 heavy (non-hydrogen) atoms. The minimum Gasteiger partial charge on any atom is -0.460 e. The molecule has 2 aromatic heterocycles. The second-order valence-electron chi connectivity index (χ2n) is 8.44. The highest BCUT2D eigenvalue weighted by atomic mass is 35.5. The predicted molar refractivity (Wildman–Crippen MR) is 138 cm³/mol. The summed E-state index contributed by atoms with van der Waals surface area (Å²) in [5.74, 6) is -0.463. The summed E-state index contributed by atoms with van der Waals surface area (Å²) in [6, 6.07) is 6.84. The van der Waals surface area contributed by atoms with Crippen LogP contribution >= 0.6 is 11.6 Å². The maximum Gasteiger partial charge on any atom is 0.573 e. The molecule has 3 aromatic rings. The Bertz CT molecular complexity index is 1440. The molecule has 2 heterocycles. The van der Waals surface area contributed by atoms with Gasteiger partial charge in [0.25, 0.3) is 11.6 Å². The molecule has 0 fully saturated rings. The standard InChI is InChI=1S/C25H29ClF3N5O4/c1-5-7-19(38-25(27,28)29)12-15-37-23-30-21-20(34(23)16-17-8-10-18(26)11-9-17)22(35)33(24(36)32(21)4)14-13-31(3)6-2/h5,7-12H,6,13-16H2,1-4H3/b7-5-,19-12+. The maximum absolute atomic E-state index is 13.5. The van der Waals surface area contributed by atoms with Crippen LogP contribution < -0.4 is 16.0 Å². The van der Waals surface area contributed by atoms with Gasteiger partial charge in [-0.05, 0) is 50.4 Å². The first kappa shape index (κ1) is 29.1. The number of benzene rings is 1. The van der Waals surface area contributed by atoms with Crippen LogP contribution in [0.1, 0.15) is 19.4 Å². The third kappa shape index (κ3) is 7.07. The molecule has 0 amide bonds. The molecule has 0 spiro atoms. The van der Waals surface area contributed by atoms with E-state index in [1.165, 1.54) is 22.3 Å². The minimum absolute atomic E-state index is 0.0476. The van der Waals surface area contributed by atoms with Crippen molar-refractivity contribution in [1.29, 1.82) is 0 Å². The highest BCUT2D eigenvalue weighted by Gasteiger charge is 2.31. The van der Waals surface area contributed by atoms with Crippen LogP contribution in [0.2, 0.25) is 5.02 Å². The highest BCUT2D eigenvalue weighted by molar-refractivity contribution is 6.30. The van der Waals surface area contributed by atoms with Gasteiger partial charge < -0.3 is 14.4 Å². The first-order chi connectivity index (χ1) is 17.9. The van der Waals surface area contributed by atoms with Gasteiger partial charge in [-0.2, -0.15) is 4.98 Å². The number of fused-ring (bicyclic) bond motifs is 1. The summed E-state index contributed by atoms with van der Waals surface area (Å²) in [4.78, 5) is 32.9. The van der Waals surface area contributed by atoms with Crippen LogP contribution in [0.15, 0.2) is 57.8 Å². The Morgan fingerprint density at radius 2 is 1.87 bits per heavy atom. The topological polar surface area (TPSA) is 83.5 Å². The van der Waals surface area contributed by atoms with Gasteiger partial charge in [-0.15, -0.1) is 13.2 Å². The molecule has 9 nitrogen and oxygen atoms in total. The average Bonchev–Trinajstić information content (AvgIpc) is 3.21. The first-order valence-corrected chi connectivity index (χ1v) is 12.2. The molecule has 13 heteroatoms. The molecule has 0 aliphatic rings. The third-order valence-electron chi connectivity index (χ3n) is 5.76. The first-order valence-electron chi connectivity index (χ1n) is 11.8. The second kappa shape index (κ2) is 12.4. The van der Waals surface area contributed by atoms with Gasteiger partial charge in [-0.3, -0.25) is 18.5 Å². The van der Waals surface area contributed by atoms with E-state index in [9.17, 15) is 22.8 Å². The zero-order valence-electron chi connectivity index (χ0n) is 21.5. The normalized spacial score (nSPS) is 12.7. The summed E-state index contributed by atoms with van der Waals surface area (Å²) in [6.07, 6.45) is -1.25. The Hall–Kier alpha value is -3.51. The number of halogens is 4. The zero-order chi connectivity index (χ0) is 28.0. The van der Waals surface area contributed by atoms with E-state index in [4.69, 9.17) is 16.3 Å². The Kier molecular flexibility index (Phi) is 9.45. The Morgan fingerprint density at radius 3 is 2.47 bits per heavy atom. The van der Waals surface area contributed by atoms with E-state index in [1.807, 2.05) is 18.9 Å². The van der Waals surface area contributed by atoms with E-state index < -0.39 is 23.4 Å². The van der Waals surface area contributed by atoms with Crippen molar-refractivity contribution in [3.8, 4) is 6.01 Å². The fourth-order valence-electron chi connectivity index (χ4n) is 3.65. The van der Waals surface area contributed by atoms with Crippen molar-refractivity contribution in [3.63, 3.8) is 0 Å². The molecular weight excluding hydrogens is 527 g/mol. The lowest BCUT2D eigenvalue weighted by molar-refractivity contribution is -0.303. The molecule has 0 aliphatic heterocycles. The van der Waals surface area contributed by atoms with Gasteiger partial charge in [0.15, 0.2) is 11.2 Å². The molecule has 0 aliphatic carbocycles. The number of alkyl halides is 3. The molecule has 0 unspecified atom stereocenters. The number of aryl methyl sites for hydroxylation is 1. The molecule has 0 saturated heterocycles. The number of hydrogen-bond acceptors (Lipinski definition) is 6. The number of hydrogen-bond donors (Lipinski definition) is 0. The van der Waals surface area contributed by atoms with Gasteiger partial charge in [0, 0.05) is 25.2 Å². The fourth-order valence-corrected chi connectivity index (χ4v) is 3.77. The minimum atomic E-state index is -4.87. The van der Waals surface area contributed by atoms with Crippen LogP contribution in [-0.4, -0.2) is 56.7 Å². The van der Waals surface area contributed by atoms with Crippen molar-refractivity contribution in [2.45, 2.75) is 33.3 Å². The Morgan fingerprint density at radius 1 is 1.18 bits per heavy atom. The van der Waals surface area contributed by atoms with Crippen LogP contribution in [-0.2, 0) is 24.9 Å². The maximum atomic E-state index is 13.5. The summed E-state index contributed by atoms with van der Waals surface area (Å²) in [5, 5.41) is 0.525. The third-order valence-corrected chi connectivity index (χ3v) is 6.01. The second-order valence-corrected chi connectivity index (χ2v) is 8.88. The lowest BCUT2D eigenvalue weighted by Gasteiger charge is -2.15. The lowest BCUT2D eigenvalue weighted by atomic mass is 10.2. The Labute approximate surface area is 222 Å².